The Morgan fingerprint density at radius 2 is 1.09 bits per heavy atom. The highest BCUT2D eigenvalue weighted by atomic mass is 16.1. The Morgan fingerprint density at radius 1 is 0.682 bits per heavy atom. The zero-order valence-corrected chi connectivity index (χ0v) is 14.7. The molecule has 128 valence electrons. The van der Waals surface area contributed by atoms with Gasteiger partial charge in [-0.05, 0) is 44.6 Å². The van der Waals surface area contributed by atoms with E-state index in [4.69, 9.17) is 5.73 Å². The molecule has 0 fully saturated rings. The van der Waals surface area contributed by atoms with Crippen LogP contribution in [0.2, 0.25) is 0 Å². The van der Waals surface area contributed by atoms with E-state index in [2.05, 4.69) is 19.1 Å². The molecule has 0 aliphatic carbocycles. The van der Waals surface area contributed by atoms with E-state index in [1.165, 1.54) is 89.5 Å². The number of rotatable bonds is 16. The van der Waals surface area contributed by atoms with Crippen molar-refractivity contribution in [3.63, 3.8) is 0 Å². The smallest absolute Gasteiger partial charge is 0.241 e. The van der Waals surface area contributed by atoms with Gasteiger partial charge in [-0.1, -0.05) is 76.5 Å². The van der Waals surface area contributed by atoms with Crippen LogP contribution in [0.3, 0.4) is 0 Å². The van der Waals surface area contributed by atoms with E-state index in [1.807, 2.05) is 6.08 Å². The molecule has 0 heterocycles. The molecule has 0 unspecified atom stereocenters. The van der Waals surface area contributed by atoms with Crippen LogP contribution in [0.15, 0.2) is 24.3 Å². The first-order chi connectivity index (χ1) is 10.8. The Bertz CT molecular complexity index is 294. The topological polar surface area (TPSA) is 43.1 Å². The van der Waals surface area contributed by atoms with Crippen molar-refractivity contribution in [3.8, 4) is 0 Å². The Hall–Kier alpha value is -1.05. The van der Waals surface area contributed by atoms with Crippen molar-refractivity contribution in [2.45, 2.75) is 96.8 Å². The highest BCUT2D eigenvalue weighted by molar-refractivity contribution is 5.85. The van der Waals surface area contributed by atoms with E-state index in [1.54, 1.807) is 0 Å². The van der Waals surface area contributed by atoms with Gasteiger partial charge in [0.15, 0.2) is 0 Å². The Morgan fingerprint density at radius 3 is 1.55 bits per heavy atom. The predicted molar refractivity (Wildman–Crippen MR) is 97.8 cm³/mol. The van der Waals surface area contributed by atoms with Gasteiger partial charge in [-0.3, -0.25) is 4.79 Å². The molecule has 0 radical (unpaired) electrons. The molecule has 0 aliphatic rings. The lowest BCUT2D eigenvalue weighted by molar-refractivity contribution is -0.113. The van der Waals surface area contributed by atoms with Crippen LogP contribution in [-0.4, -0.2) is 5.91 Å². The van der Waals surface area contributed by atoms with Crippen molar-refractivity contribution in [1.29, 1.82) is 0 Å². The van der Waals surface area contributed by atoms with Gasteiger partial charge in [-0.2, -0.15) is 0 Å². The number of amides is 1. The monoisotopic (exact) mass is 307 g/mol. The molecule has 2 nitrogen and oxygen atoms in total. The quantitative estimate of drug-likeness (QED) is 0.210. The summed E-state index contributed by atoms with van der Waals surface area (Å²) < 4.78 is 0. The van der Waals surface area contributed by atoms with Gasteiger partial charge in [0.1, 0.15) is 0 Å². The van der Waals surface area contributed by atoms with Crippen LogP contribution in [-0.2, 0) is 4.79 Å². The average molecular weight is 308 g/mol. The first-order valence-corrected chi connectivity index (χ1v) is 9.38. The van der Waals surface area contributed by atoms with Crippen molar-refractivity contribution in [3.05, 3.63) is 24.3 Å². The number of nitrogens with two attached hydrogens (primary N) is 1. The maximum absolute atomic E-state index is 10.5. The molecular weight excluding hydrogens is 270 g/mol. The molecular formula is C20H37NO. The van der Waals surface area contributed by atoms with Crippen LogP contribution >= 0.6 is 0 Å². The Kier molecular flexibility index (Phi) is 17.1. The van der Waals surface area contributed by atoms with Crippen LogP contribution in [0, 0.1) is 0 Å². The molecule has 0 saturated carbocycles. The number of primary amides is 1. The largest absolute Gasteiger partial charge is 0.366 e. The third-order valence-corrected chi connectivity index (χ3v) is 3.91. The SMILES string of the molecule is CCCCCCC=CCCCCCCCCC/C=C\C(N)=O. The van der Waals surface area contributed by atoms with E-state index in [0.29, 0.717) is 0 Å². The number of hydrogen-bond acceptors (Lipinski definition) is 1. The van der Waals surface area contributed by atoms with E-state index in [-0.39, 0.29) is 5.91 Å². The molecule has 0 atom stereocenters. The zero-order chi connectivity index (χ0) is 16.3. The predicted octanol–water partition coefficient (Wildman–Crippen LogP) is 6.07. The summed E-state index contributed by atoms with van der Waals surface area (Å²) in [6, 6.07) is 0. The molecule has 2 N–H and O–H groups in total. The molecule has 0 bridgehead atoms. The first kappa shape index (κ1) is 20.9. The van der Waals surface area contributed by atoms with Crippen LogP contribution in [0.4, 0.5) is 0 Å². The van der Waals surface area contributed by atoms with E-state index in [0.717, 1.165) is 6.42 Å². The van der Waals surface area contributed by atoms with Gasteiger partial charge >= 0.3 is 0 Å². The van der Waals surface area contributed by atoms with Crippen LogP contribution in [0.1, 0.15) is 96.8 Å². The fourth-order valence-electron chi connectivity index (χ4n) is 2.53. The fourth-order valence-corrected chi connectivity index (χ4v) is 2.53. The molecule has 0 spiro atoms. The number of carbonyl (C=O) groups is 1. The van der Waals surface area contributed by atoms with Gasteiger partial charge in [0, 0.05) is 0 Å². The maximum atomic E-state index is 10.5. The summed E-state index contributed by atoms with van der Waals surface area (Å²) in [5, 5.41) is 0. The average Bonchev–Trinajstić information content (AvgIpc) is 2.50. The normalized spacial score (nSPS) is 11.7. The number of allylic oxidation sites excluding steroid dienone is 3. The van der Waals surface area contributed by atoms with E-state index in [9.17, 15) is 4.79 Å². The van der Waals surface area contributed by atoms with Gasteiger partial charge in [-0.25, -0.2) is 0 Å². The second-order valence-corrected chi connectivity index (χ2v) is 6.18. The summed E-state index contributed by atoms with van der Waals surface area (Å²) in [4.78, 5) is 10.5. The number of unbranched alkanes of at least 4 members (excludes halogenated alkanes) is 12. The molecule has 22 heavy (non-hydrogen) atoms. The van der Waals surface area contributed by atoms with Gasteiger partial charge in [0.2, 0.25) is 5.91 Å². The highest BCUT2D eigenvalue weighted by Gasteiger charge is 1.91. The third kappa shape index (κ3) is 18.9. The Balaban J connectivity index is 3.11. The second-order valence-electron chi connectivity index (χ2n) is 6.18. The van der Waals surface area contributed by atoms with Gasteiger partial charge in [-0.15, -0.1) is 0 Å². The minimum Gasteiger partial charge on any atom is -0.366 e. The molecule has 0 aliphatic heterocycles. The van der Waals surface area contributed by atoms with Crippen molar-refractivity contribution >= 4 is 5.91 Å². The van der Waals surface area contributed by atoms with Crippen LogP contribution < -0.4 is 5.73 Å². The summed E-state index contributed by atoms with van der Waals surface area (Å²) in [7, 11) is 0. The molecule has 2 heteroatoms. The van der Waals surface area contributed by atoms with Crippen molar-refractivity contribution in [2.24, 2.45) is 5.73 Å². The summed E-state index contributed by atoms with van der Waals surface area (Å²) in [6.45, 7) is 2.26. The molecule has 0 saturated heterocycles. The molecule has 0 rings (SSSR count). The Labute approximate surface area is 138 Å². The maximum Gasteiger partial charge on any atom is 0.241 e. The van der Waals surface area contributed by atoms with Crippen molar-refractivity contribution in [2.75, 3.05) is 0 Å². The molecule has 0 aromatic heterocycles. The summed E-state index contributed by atoms with van der Waals surface area (Å²) >= 11 is 0. The van der Waals surface area contributed by atoms with Crippen LogP contribution in [0.25, 0.3) is 0 Å². The minimum absolute atomic E-state index is 0.338. The molecule has 0 aromatic rings. The van der Waals surface area contributed by atoms with Crippen LogP contribution in [0.5, 0.6) is 0 Å². The number of hydrogen-bond donors (Lipinski definition) is 1. The molecule has 1 amide bonds. The van der Waals surface area contributed by atoms with Gasteiger partial charge in [0.05, 0.1) is 0 Å². The van der Waals surface area contributed by atoms with E-state index < -0.39 is 0 Å². The summed E-state index contributed by atoms with van der Waals surface area (Å²) in [5.74, 6) is -0.338. The van der Waals surface area contributed by atoms with Crippen molar-refractivity contribution < 1.29 is 4.79 Å². The first-order valence-electron chi connectivity index (χ1n) is 9.38. The summed E-state index contributed by atoms with van der Waals surface area (Å²) in [5.41, 5.74) is 5.03. The third-order valence-electron chi connectivity index (χ3n) is 3.91. The zero-order valence-electron chi connectivity index (χ0n) is 14.7. The lowest BCUT2D eigenvalue weighted by atomic mass is 10.1. The van der Waals surface area contributed by atoms with Gasteiger partial charge in [0.25, 0.3) is 0 Å². The fraction of sp³-hybridized carbons (Fsp3) is 0.750. The summed E-state index contributed by atoms with van der Waals surface area (Å²) in [6.07, 6.45) is 26.2. The molecule has 0 aromatic carbocycles. The lowest BCUT2D eigenvalue weighted by Crippen LogP contribution is -2.05. The minimum atomic E-state index is -0.338. The standard InChI is InChI=1S/C20H37NO/c1-2-3-4-5-6-7-8-9-10-11-12-13-14-15-16-17-18-19-20(21)22/h7-8,18-19H,2-6,9-17H2,1H3,(H2,21,22)/b8-7?,19-18-. The lowest BCUT2D eigenvalue weighted by Gasteiger charge is -2.00. The number of carbonyl (C=O) groups excluding carboxylic acids is 1. The van der Waals surface area contributed by atoms with Gasteiger partial charge < -0.3 is 5.73 Å². The highest BCUT2D eigenvalue weighted by Crippen LogP contribution is 2.10. The van der Waals surface area contributed by atoms with E-state index >= 15 is 0 Å². The second kappa shape index (κ2) is 18.0. The van der Waals surface area contributed by atoms with Crippen molar-refractivity contribution in [1.82, 2.24) is 0 Å².